The lowest BCUT2D eigenvalue weighted by molar-refractivity contribution is -0.143. The molecule has 0 N–H and O–H groups in total. The molecule has 0 amide bonds. The van der Waals surface area contributed by atoms with Crippen LogP contribution in [0.3, 0.4) is 0 Å². The third-order valence-electron chi connectivity index (χ3n) is 5.25. The molecular weight excluding hydrogens is 302 g/mol. The molecule has 3 aliphatic rings. The summed E-state index contributed by atoms with van der Waals surface area (Å²) in [4.78, 5) is 0. The van der Waals surface area contributed by atoms with Crippen molar-refractivity contribution >= 4 is 10.0 Å². The molecule has 0 aromatic carbocycles. The zero-order valence-electron chi connectivity index (χ0n) is 13.6. The molecule has 0 bridgehead atoms. The van der Waals surface area contributed by atoms with Gasteiger partial charge in [0.05, 0.1) is 18.5 Å². The lowest BCUT2D eigenvalue weighted by Gasteiger charge is -2.49. The maximum Gasteiger partial charge on any atom is 0.214 e. The first-order chi connectivity index (χ1) is 10.6. The van der Waals surface area contributed by atoms with Crippen LogP contribution in [0.15, 0.2) is 0 Å². The van der Waals surface area contributed by atoms with E-state index in [4.69, 9.17) is 9.47 Å². The summed E-state index contributed by atoms with van der Waals surface area (Å²) >= 11 is 0. The molecule has 1 saturated carbocycles. The molecule has 1 aliphatic carbocycles. The van der Waals surface area contributed by atoms with E-state index in [2.05, 4.69) is 0 Å². The van der Waals surface area contributed by atoms with E-state index in [1.807, 2.05) is 6.92 Å². The van der Waals surface area contributed by atoms with E-state index in [1.165, 1.54) is 12.8 Å². The van der Waals surface area contributed by atoms with Crippen LogP contribution in [0.5, 0.6) is 0 Å². The van der Waals surface area contributed by atoms with E-state index >= 15 is 0 Å². The maximum absolute atomic E-state index is 12.4. The first kappa shape index (κ1) is 16.7. The molecule has 2 saturated heterocycles. The summed E-state index contributed by atoms with van der Waals surface area (Å²) in [6.07, 6.45) is 6.22. The first-order valence-electron chi connectivity index (χ1n) is 8.73. The van der Waals surface area contributed by atoms with Crippen molar-refractivity contribution in [3.63, 3.8) is 0 Å². The Morgan fingerprint density at radius 2 is 2.14 bits per heavy atom. The molecule has 3 fully saturated rings. The number of ether oxygens (including phenoxy) is 2. The second-order valence-corrected chi connectivity index (χ2v) is 9.31. The molecule has 0 unspecified atom stereocenters. The number of rotatable bonds is 7. The number of piperidine rings is 1. The van der Waals surface area contributed by atoms with Gasteiger partial charge in [-0.2, -0.15) is 0 Å². The molecule has 2 heterocycles. The Morgan fingerprint density at radius 3 is 2.86 bits per heavy atom. The number of nitrogens with zero attached hydrogens (tertiary/aromatic N) is 1. The third kappa shape index (κ3) is 3.66. The van der Waals surface area contributed by atoms with Gasteiger partial charge in [0.15, 0.2) is 0 Å². The quantitative estimate of drug-likeness (QED) is 0.716. The number of hydrogen-bond donors (Lipinski definition) is 0. The highest BCUT2D eigenvalue weighted by atomic mass is 32.2. The summed E-state index contributed by atoms with van der Waals surface area (Å²) in [5.74, 6) is 0.986. The van der Waals surface area contributed by atoms with E-state index in [9.17, 15) is 8.42 Å². The smallest absolute Gasteiger partial charge is 0.214 e. The SMILES string of the molecule is CCCS(=O)(=O)N1CC[C@H]2OCCC[C@]2(COCC2CC2)C1. The largest absolute Gasteiger partial charge is 0.380 e. The van der Waals surface area contributed by atoms with Gasteiger partial charge in [-0.15, -0.1) is 0 Å². The van der Waals surface area contributed by atoms with Crippen LogP contribution in [0, 0.1) is 11.3 Å². The fourth-order valence-corrected chi connectivity index (χ4v) is 5.41. The summed E-state index contributed by atoms with van der Waals surface area (Å²) in [6, 6.07) is 0. The normalized spacial score (nSPS) is 33.6. The zero-order valence-corrected chi connectivity index (χ0v) is 14.4. The minimum Gasteiger partial charge on any atom is -0.380 e. The molecule has 2 aliphatic heterocycles. The summed E-state index contributed by atoms with van der Waals surface area (Å²) in [6.45, 7) is 5.36. The Kier molecular flexibility index (Phi) is 5.12. The highest BCUT2D eigenvalue weighted by Gasteiger charge is 2.48. The highest BCUT2D eigenvalue weighted by molar-refractivity contribution is 7.89. The van der Waals surface area contributed by atoms with Gasteiger partial charge in [0.25, 0.3) is 0 Å². The Bertz CT molecular complexity index is 477. The molecule has 2 atom stereocenters. The second kappa shape index (κ2) is 6.75. The van der Waals surface area contributed by atoms with Crippen molar-refractivity contribution < 1.29 is 17.9 Å². The van der Waals surface area contributed by atoms with Gasteiger partial charge in [0, 0.05) is 31.7 Å². The number of sulfonamides is 1. The van der Waals surface area contributed by atoms with Gasteiger partial charge in [-0.25, -0.2) is 12.7 Å². The predicted molar refractivity (Wildman–Crippen MR) is 85.2 cm³/mol. The average Bonchev–Trinajstić information content (AvgIpc) is 3.31. The van der Waals surface area contributed by atoms with E-state index in [1.54, 1.807) is 4.31 Å². The van der Waals surface area contributed by atoms with E-state index in [0.717, 1.165) is 38.4 Å². The fourth-order valence-electron chi connectivity index (χ4n) is 3.80. The van der Waals surface area contributed by atoms with Crippen molar-refractivity contribution in [3.05, 3.63) is 0 Å². The molecule has 5 nitrogen and oxygen atoms in total. The minimum atomic E-state index is -3.13. The summed E-state index contributed by atoms with van der Waals surface area (Å²) in [5, 5.41) is 0. The van der Waals surface area contributed by atoms with Crippen molar-refractivity contribution in [2.24, 2.45) is 11.3 Å². The van der Waals surface area contributed by atoms with Crippen LogP contribution in [0.25, 0.3) is 0 Å². The number of hydrogen-bond acceptors (Lipinski definition) is 4. The molecule has 22 heavy (non-hydrogen) atoms. The Morgan fingerprint density at radius 1 is 1.32 bits per heavy atom. The Hall–Kier alpha value is -0.170. The molecule has 0 spiro atoms. The van der Waals surface area contributed by atoms with Crippen LogP contribution in [-0.4, -0.2) is 57.5 Å². The molecule has 128 valence electrons. The van der Waals surface area contributed by atoms with Gasteiger partial charge >= 0.3 is 0 Å². The van der Waals surface area contributed by atoms with Crippen LogP contribution in [0.4, 0.5) is 0 Å². The van der Waals surface area contributed by atoms with Gasteiger partial charge < -0.3 is 9.47 Å². The monoisotopic (exact) mass is 331 g/mol. The summed E-state index contributed by atoms with van der Waals surface area (Å²) in [7, 11) is -3.13. The van der Waals surface area contributed by atoms with Crippen LogP contribution in [0.2, 0.25) is 0 Å². The van der Waals surface area contributed by atoms with Gasteiger partial charge in [0.2, 0.25) is 10.0 Å². The second-order valence-electron chi connectivity index (χ2n) is 7.22. The van der Waals surface area contributed by atoms with Crippen LogP contribution < -0.4 is 0 Å². The lowest BCUT2D eigenvalue weighted by atomic mass is 9.73. The van der Waals surface area contributed by atoms with Crippen LogP contribution in [-0.2, 0) is 19.5 Å². The van der Waals surface area contributed by atoms with Crippen molar-refractivity contribution in [3.8, 4) is 0 Å². The van der Waals surface area contributed by atoms with E-state index in [-0.39, 0.29) is 17.3 Å². The van der Waals surface area contributed by atoms with Crippen molar-refractivity contribution in [2.75, 3.05) is 38.7 Å². The van der Waals surface area contributed by atoms with Gasteiger partial charge in [-0.05, 0) is 44.4 Å². The average molecular weight is 331 g/mol. The topological polar surface area (TPSA) is 55.8 Å². The van der Waals surface area contributed by atoms with Crippen LogP contribution >= 0.6 is 0 Å². The highest BCUT2D eigenvalue weighted by Crippen LogP contribution is 2.41. The van der Waals surface area contributed by atoms with E-state index < -0.39 is 10.0 Å². The van der Waals surface area contributed by atoms with Crippen molar-refractivity contribution in [1.82, 2.24) is 4.31 Å². The lowest BCUT2D eigenvalue weighted by Crippen LogP contribution is -2.58. The summed E-state index contributed by atoms with van der Waals surface area (Å²) in [5.41, 5.74) is -0.133. The molecule has 3 rings (SSSR count). The van der Waals surface area contributed by atoms with Crippen molar-refractivity contribution in [2.45, 2.75) is 51.6 Å². The third-order valence-corrected chi connectivity index (χ3v) is 7.27. The standard InChI is InChI=1S/C16H29NO4S/c1-2-10-22(18,19)17-8-6-15-16(12-17,7-3-9-21-15)13-20-11-14-4-5-14/h14-15H,2-13H2,1H3/t15-,16-/m1/s1. The Labute approximate surface area is 134 Å². The maximum atomic E-state index is 12.4. The van der Waals surface area contributed by atoms with Gasteiger partial charge in [-0.3, -0.25) is 0 Å². The Balaban J connectivity index is 1.68. The van der Waals surface area contributed by atoms with Crippen molar-refractivity contribution in [1.29, 1.82) is 0 Å². The van der Waals surface area contributed by atoms with Gasteiger partial charge in [-0.1, -0.05) is 6.92 Å². The molecule has 0 aromatic rings. The predicted octanol–water partition coefficient (Wildman–Crippen LogP) is 2.02. The minimum absolute atomic E-state index is 0.133. The van der Waals surface area contributed by atoms with E-state index in [0.29, 0.717) is 26.1 Å². The first-order valence-corrected chi connectivity index (χ1v) is 10.3. The number of fused-ring (bicyclic) bond motifs is 1. The molecule has 6 heteroatoms. The van der Waals surface area contributed by atoms with Gasteiger partial charge in [0.1, 0.15) is 0 Å². The summed E-state index contributed by atoms with van der Waals surface area (Å²) < 4.78 is 38.5. The zero-order chi connectivity index (χ0) is 15.6. The molecule has 0 aromatic heterocycles. The fraction of sp³-hybridized carbons (Fsp3) is 1.00. The molecule has 0 radical (unpaired) electrons. The van der Waals surface area contributed by atoms with Crippen LogP contribution in [0.1, 0.15) is 45.4 Å². The molecular formula is C16H29NO4S.